The average Bonchev–Trinajstić information content (AvgIpc) is 2.16. The summed E-state index contributed by atoms with van der Waals surface area (Å²) in [5.74, 6) is -1.14. The molecule has 0 fully saturated rings. The van der Waals surface area contributed by atoms with Gasteiger partial charge in [0.2, 0.25) is 0 Å². The smallest absolute Gasteiger partial charge is 0.328 e. The van der Waals surface area contributed by atoms with Crippen LogP contribution < -0.4 is 10.6 Å². The van der Waals surface area contributed by atoms with Gasteiger partial charge in [-0.15, -0.1) is 0 Å². The Labute approximate surface area is 94.1 Å². The standard InChI is InChI=1S/C9H18N2O5/c1-6(4-15-2)10-9(14)11-7(5-16-3)8(12)13/h6-7H,4-5H2,1-3H3,(H,12,13)(H2,10,11,14). The van der Waals surface area contributed by atoms with Crippen molar-refractivity contribution in [2.75, 3.05) is 27.4 Å². The molecule has 2 amide bonds. The first-order valence-electron chi connectivity index (χ1n) is 4.79. The Morgan fingerprint density at radius 2 is 1.75 bits per heavy atom. The molecule has 7 heteroatoms. The van der Waals surface area contributed by atoms with E-state index in [0.717, 1.165) is 0 Å². The van der Waals surface area contributed by atoms with Gasteiger partial charge in [-0.1, -0.05) is 0 Å². The molecule has 0 saturated carbocycles. The molecule has 0 aliphatic heterocycles. The molecular weight excluding hydrogens is 216 g/mol. The van der Waals surface area contributed by atoms with Gasteiger partial charge in [-0.25, -0.2) is 9.59 Å². The number of aliphatic carboxylic acids is 1. The number of carbonyl (C=O) groups excluding carboxylic acids is 1. The summed E-state index contributed by atoms with van der Waals surface area (Å²) >= 11 is 0. The van der Waals surface area contributed by atoms with Gasteiger partial charge in [-0.05, 0) is 6.92 Å². The summed E-state index contributed by atoms with van der Waals surface area (Å²) in [6, 6.07) is -1.81. The summed E-state index contributed by atoms with van der Waals surface area (Å²) in [6.45, 7) is 2.02. The predicted octanol–water partition coefficient (Wildman–Crippen LogP) is -0.580. The molecule has 7 nitrogen and oxygen atoms in total. The molecule has 0 spiro atoms. The summed E-state index contributed by atoms with van der Waals surface area (Å²) < 4.78 is 9.49. The highest BCUT2D eigenvalue weighted by molar-refractivity contribution is 5.82. The number of ether oxygens (including phenoxy) is 2. The molecule has 0 aliphatic rings. The monoisotopic (exact) mass is 234 g/mol. The number of carboxylic acids is 1. The van der Waals surface area contributed by atoms with E-state index in [1.165, 1.54) is 14.2 Å². The van der Waals surface area contributed by atoms with E-state index in [0.29, 0.717) is 6.61 Å². The number of nitrogens with one attached hydrogen (secondary N) is 2. The zero-order chi connectivity index (χ0) is 12.6. The van der Waals surface area contributed by atoms with Crippen molar-refractivity contribution in [3.05, 3.63) is 0 Å². The van der Waals surface area contributed by atoms with Crippen LogP contribution in [0.5, 0.6) is 0 Å². The molecule has 3 N–H and O–H groups in total. The molecule has 0 heterocycles. The first-order chi connectivity index (χ1) is 7.51. The van der Waals surface area contributed by atoms with E-state index in [9.17, 15) is 9.59 Å². The summed E-state index contributed by atoms with van der Waals surface area (Å²) in [5.41, 5.74) is 0. The number of hydrogen-bond acceptors (Lipinski definition) is 4. The Bertz CT molecular complexity index is 234. The maximum Gasteiger partial charge on any atom is 0.328 e. The van der Waals surface area contributed by atoms with Gasteiger partial charge in [0.15, 0.2) is 6.04 Å². The lowest BCUT2D eigenvalue weighted by molar-refractivity contribution is -0.140. The number of carboxylic acid groups (broad SMARTS) is 1. The third-order valence-corrected chi connectivity index (χ3v) is 1.73. The van der Waals surface area contributed by atoms with Gasteiger partial charge in [0.1, 0.15) is 0 Å². The van der Waals surface area contributed by atoms with Gasteiger partial charge in [-0.2, -0.15) is 0 Å². The van der Waals surface area contributed by atoms with Crippen molar-refractivity contribution in [3.8, 4) is 0 Å². The third kappa shape index (κ3) is 6.20. The van der Waals surface area contributed by atoms with Crippen LogP contribution in [-0.2, 0) is 14.3 Å². The first-order valence-corrected chi connectivity index (χ1v) is 4.79. The van der Waals surface area contributed by atoms with Crippen LogP contribution >= 0.6 is 0 Å². The van der Waals surface area contributed by atoms with Crippen molar-refractivity contribution in [2.24, 2.45) is 0 Å². The molecule has 0 aliphatic carbocycles. The largest absolute Gasteiger partial charge is 0.480 e. The summed E-state index contributed by atoms with van der Waals surface area (Å²) in [6.07, 6.45) is 0. The molecular formula is C9H18N2O5. The molecule has 0 aromatic heterocycles. The molecule has 0 saturated heterocycles. The second-order valence-electron chi connectivity index (χ2n) is 3.32. The molecule has 2 atom stereocenters. The molecule has 0 bridgehead atoms. The molecule has 0 aromatic rings. The highest BCUT2D eigenvalue weighted by Crippen LogP contribution is 1.87. The van der Waals surface area contributed by atoms with E-state index in [4.69, 9.17) is 9.84 Å². The Balaban J connectivity index is 4.04. The third-order valence-electron chi connectivity index (χ3n) is 1.73. The van der Waals surface area contributed by atoms with E-state index in [1.807, 2.05) is 0 Å². The molecule has 0 rings (SSSR count). The second-order valence-corrected chi connectivity index (χ2v) is 3.32. The van der Waals surface area contributed by atoms with Gasteiger partial charge >= 0.3 is 12.0 Å². The minimum absolute atomic E-state index is 0.0819. The fraction of sp³-hybridized carbons (Fsp3) is 0.778. The number of rotatable bonds is 7. The van der Waals surface area contributed by atoms with Crippen molar-refractivity contribution >= 4 is 12.0 Å². The van der Waals surface area contributed by atoms with E-state index < -0.39 is 18.0 Å². The lowest BCUT2D eigenvalue weighted by Crippen LogP contribution is -2.50. The summed E-state index contributed by atoms with van der Waals surface area (Å²) in [4.78, 5) is 22.0. The number of urea groups is 1. The normalized spacial score (nSPS) is 13.9. The molecule has 2 unspecified atom stereocenters. The topological polar surface area (TPSA) is 96.9 Å². The van der Waals surface area contributed by atoms with Gasteiger partial charge in [0.25, 0.3) is 0 Å². The Morgan fingerprint density at radius 3 is 2.19 bits per heavy atom. The van der Waals surface area contributed by atoms with Crippen LogP contribution in [0.4, 0.5) is 4.79 Å². The second kappa shape index (κ2) is 7.89. The molecule has 16 heavy (non-hydrogen) atoms. The van der Waals surface area contributed by atoms with Crippen LogP contribution in [0.2, 0.25) is 0 Å². The SMILES string of the molecule is COCC(C)NC(=O)NC(COC)C(=O)O. The predicted molar refractivity (Wildman–Crippen MR) is 56.3 cm³/mol. The van der Waals surface area contributed by atoms with Crippen LogP contribution in [0.3, 0.4) is 0 Å². The van der Waals surface area contributed by atoms with Crippen molar-refractivity contribution in [1.29, 1.82) is 0 Å². The van der Waals surface area contributed by atoms with Crippen molar-refractivity contribution in [3.63, 3.8) is 0 Å². The fourth-order valence-corrected chi connectivity index (χ4v) is 1.06. The van der Waals surface area contributed by atoms with E-state index in [2.05, 4.69) is 15.4 Å². The lowest BCUT2D eigenvalue weighted by Gasteiger charge is -2.17. The van der Waals surface area contributed by atoms with Gasteiger partial charge in [-0.3, -0.25) is 0 Å². The molecule has 0 radical (unpaired) electrons. The van der Waals surface area contributed by atoms with E-state index in [-0.39, 0.29) is 12.6 Å². The Kier molecular flexibility index (Phi) is 7.23. The van der Waals surface area contributed by atoms with Crippen LogP contribution in [0.1, 0.15) is 6.92 Å². The summed E-state index contributed by atoms with van der Waals surface area (Å²) in [7, 11) is 2.88. The quantitative estimate of drug-likeness (QED) is 0.547. The minimum atomic E-state index is -1.14. The van der Waals surface area contributed by atoms with Crippen molar-refractivity contribution < 1.29 is 24.2 Å². The highest BCUT2D eigenvalue weighted by atomic mass is 16.5. The Morgan fingerprint density at radius 1 is 1.19 bits per heavy atom. The number of methoxy groups -OCH3 is 2. The van der Waals surface area contributed by atoms with Crippen LogP contribution in [0, 0.1) is 0 Å². The maximum absolute atomic E-state index is 11.3. The van der Waals surface area contributed by atoms with E-state index in [1.54, 1.807) is 6.92 Å². The number of hydrogen-bond donors (Lipinski definition) is 3. The van der Waals surface area contributed by atoms with Crippen molar-refractivity contribution in [2.45, 2.75) is 19.0 Å². The average molecular weight is 234 g/mol. The van der Waals surface area contributed by atoms with E-state index >= 15 is 0 Å². The zero-order valence-corrected chi connectivity index (χ0v) is 9.65. The van der Waals surface area contributed by atoms with Crippen molar-refractivity contribution in [1.82, 2.24) is 10.6 Å². The van der Waals surface area contributed by atoms with Crippen LogP contribution in [0.25, 0.3) is 0 Å². The molecule has 0 aromatic carbocycles. The van der Waals surface area contributed by atoms with Crippen LogP contribution in [-0.4, -0.2) is 56.6 Å². The number of carbonyl (C=O) groups is 2. The van der Waals surface area contributed by atoms with Gasteiger partial charge in [0, 0.05) is 14.2 Å². The Hall–Kier alpha value is -1.34. The lowest BCUT2D eigenvalue weighted by atomic mass is 10.3. The minimum Gasteiger partial charge on any atom is -0.480 e. The van der Waals surface area contributed by atoms with Crippen LogP contribution in [0.15, 0.2) is 0 Å². The molecule has 94 valence electrons. The first kappa shape index (κ1) is 14.7. The van der Waals surface area contributed by atoms with Gasteiger partial charge < -0.3 is 25.2 Å². The summed E-state index contributed by atoms with van der Waals surface area (Å²) in [5, 5.41) is 13.6. The maximum atomic E-state index is 11.3. The number of amides is 2. The highest BCUT2D eigenvalue weighted by Gasteiger charge is 2.20. The van der Waals surface area contributed by atoms with Gasteiger partial charge in [0.05, 0.1) is 19.3 Å². The zero-order valence-electron chi connectivity index (χ0n) is 9.65. The fourth-order valence-electron chi connectivity index (χ4n) is 1.06.